The van der Waals surface area contributed by atoms with Crippen molar-refractivity contribution in [2.45, 2.75) is 78.4 Å². The normalized spacial score (nSPS) is 12.9. The van der Waals surface area contributed by atoms with Crippen molar-refractivity contribution >= 4 is 123 Å². The van der Waals surface area contributed by atoms with E-state index in [9.17, 15) is 33.6 Å². The van der Waals surface area contributed by atoms with E-state index >= 15 is 0 Å². The van der Waals surface area contributed by atoms with Gasteiger partial charge in [0, 0.05) is 151 Å². The first kappa shape index (κ1) is 82.4. The number of amides is 6. The van der Waals surface area contributed by atoms with Crippen molar-refractivity contribution in [2.75, 3.05) is 145 Å². The molecular formula is C72H90Cl4N14O13. The largest absolute Gasteiger partial charge is 0.495 e. The molecule has 2 saturated heterocycles. The molecule has 4 aromatic carbocycles. The lowest BCUT2D eigenvalue weighted by Gasteiger charge is -2.36. The van der Waals surface area contributed by atoms with Crippen LogP contribution in [-0.2, 0) is 59.1 Å². The Bertz CT molecular complexity index is 3930. The maximum absolute atomic E-state index is 13.4. The fourth-order valence-corrected chi connectivity index (χ4v) is 11.6. The van der Waals surface area contributed by atoms with Crippen molar-refractivity contribution in [3.63, 3.8) is 0 Å². The molecule has 8 rings (SSSR count). The molecule has 6 aromatic rings. The molecule has 2 fully saturated rings. The molecule has 6 amide bonds. The van der Waals surface area contributed by atoms with Crippen LogP contribution in [0.4, 0.5) is 44.0 Å². The lowest BCUT2D eigenvalue weighted by molar-refractivity contribution is -0.118. The van der Waals surface area contributed by atoms with Gasteiger partial charge in [0.15, 0.2) is 0 Å². The number of hydrogen-bond acceptors (Lipinski definition) is 21. The van der Waals surface area contributed by atoms with Crippen LogP contribution in [0.1, 0.15) is 75.2 Å². The average molecular weight is 1500 g/mol. The van der Waals surface area contributed by atoms with E-state index in [4.69, 9.17) is 74.8 Å². The molecule has 0 atom stereocenters. The van der Waals surface area contributed by atoms with Gasteiger partial charge in [0.1, 0.15) is 64.8 Å². The quantitative estimate of drug-likeness (QED) is 0.0263. The van der Waals surface area contributed by atoms with Crippen molar-refractivity contribution < 1.29 is 62.0 Å². The zero-order chi connectivity index (χ0) is 75.7. The highest BCUT2D eigenvalue weighted by Crippen LogP contribution is 2.43. The van der Waals surface area contributed by atoms with Gasteiger partial charge in [-0.25, -0.2) is 29.5 Å². The molecule has 0 bridgehead atoms. The first-order valence-corrected chi connectivity index (χ1v) is 34.2. The number of aromatic nitrogens is 4. The van der Waals surface area contributed by atoms with E-state index in [0.717, 1.165) is 74.9 Å². The number of aldehydes is 1. The highest BCUT2D eigenvalue weighted by molar-refractivity contribution is 6.39. The topological polar surface area (TPSA) is 303 Å². The third-order valence-corrected chi connectivity index (χ3v) is 17.4. The third-order valence-electron chi connectivity index (χ3n) is 15.7. The minimum atomic E-state index is -0.565. The van der Waals surface area contributed by atoms with Crippen LogP contribution in [0.5, 0.6) is 23.0 Å². The summed E-state index contributed by atoms with van der Waals surface area (Å²) in [6.07, 6.45) is 5.39. The number of rotatable bonds is 25. The van der Waals surface area contributed by atoms with Gasteiger partial charge in [-0.3, -0.25) is 33.9 Å². The Morgan fingerprint density at radius 1 is 0.553 bits per heavy atom. The zero-order valence-electron chi connectivity index (χ0n) is 60.0. The van der Waals surface area contributed by atoms with E-state index in [1.807, 2.05) is 57.2 Å². The van der Waals surface area contributed by atoms with E-state index in [-0.39, 0.29) is 63.1 Å². The van der Waals surface area contributed by atoms with E-state index < -0.39 is 23.4 Å². The summed E-state index contributed by atoms with van der Waals surface area (Å²) in [6.45, 7) is 25.9. The molecule has 103 heavy (non-hydrogen) atoms. The number of anilines is 6. The maximum Gasteiger partial charge on any atom is 0.408 e. The van der Waals surface area contributed by atoms with E-state index in [0.29, 0.717) is 101 Å². The van der Waals surface area contributed by atoms with E-state index in [1.54, 1.807) is 59.1 Å². The van der Waals surface area contributed by atoms with Crippen LogP contribution in [0.15, 0.2) is 98.6 Å². The Hall–Kier alpha value is -9.51. The van der Waals surface area contributed by atoms with Crippen molar-refractivity contribution in [2.24, 2.45) is 0 Å². The molecule has 5 N–H and O–H groups in total. The predicted molar refractivity (Wildman–Crippen MR) is 402 cm³/mol. The first-order chi connectivity index (χ1) is 48.9. The molecule has 2 aliphatic rings. The number of hydrogen-bond donors (Lipinski definition) is 5. The number of ether oxygens (including phenoxy) is 6. The van der Waals surface area contributed by atoms with Gasteiger partial charge in [0.25, 0.3) is 0 Å². The van der Waals surface area contributed by atoms with Gasteiger partial charge in [-0.1, -0.05) is 71.7 Å². The summed E-state index contributed by atoms with van der Waals surface area (Å²) in [5.74, 6) is 0.898. The standard InChI is InChI=1S/C36H45Cl2N7O6.C29H32Cl2N6O4.C7H13NO3/c1-8-31(46)42-27-19-25(45-15-13-44(14-16-45)12-11-39-35(48)51-36(2,3)4)10-9-23(27)17-24-18-30(41-22-40-24)43(5)32(47)20-26-33(37)28(49-6)21-29(50-7)34(26)38;1-5-26(38)35-22-14-20(37-10-8-32-9-11-37)7-6-18(22)12-19-13-25(34-17-33-19)36(2)27(39)15-21-28(30)23(40-3)16-24(41-4)29(21)31;1-7(2,3)11-6(10)8-4-5-9/h8-10,18-19,21-22H,1,11-17,20H2,2-7H3,(H,39,48)(H,42,46);5-7,13-14,16-17,32H,1,8-12,15H2,2-4H3,(H,35,38);5H,4H2,1-3H3,(H,8,10). The minimum Gasteiger partial charge on any atom is -0.495 e. The molecule has 0 aliphatic carbocycles. The summed E-state index contributed by atoms with van der Waals surface area (Å²) in [5.41, 5.74) is 5.99. The van der Waals surface area contributed by atoms with Gasteiger partial charge in [-0.2, -0.15) is 0 Å². The second-order valence-electron chi connectivity index (χ2n) is 25.2. The van der Waals surface area contributed by atoms with Crippen LogP contribution in [0.25, 0.3) is 0 Å². The van der Waals surface area contributed by atoms with Gasteiger partial charge >= 0.3 is 12.2 Å². The molecular weight excluding hydrogens is 1410 g/mol. The minimum absolute atomic E-state index is 0.00505. The number of benzene rings is 4. The van der Waals surface area contributed by atoms with Gasteiger partial charge in [-0.15, -0.1) is 0 Å². The Labute approximate surface area is 620 Å². The number of halogens is 4. The highest BCUT2D eigenvalue weighted by Gasteiger charge is 2.27. The summed E-state index contributed by atoms with van der Waals surface area (Å²) in [5, 5.41) is 15.2. The van der Waals surface area contributed by atoms with Crippen LogP contribution in [-0.4, -0.2) is 193 Å². The highest BCUT2D eigenvalue weighted by atomic mass is 35.5. The lowest BCUT2D eigenvalue weighted by atomic mass is 10.0. The summed E-state index contributed by atoms with van der Waals surface area (Å²) in [7, 11) is 9.11. The fraction of sp³-hybridized carbons (Fsp3) is 0.403. The summed E-state index contributed by atoms with van der Waals surface area (Å²) >= 11 is 26.0. The zero-order valence-corrected chi connectivity index (χ0v) is 63.0. The summed E-state index contributed by atoms with van der Waals surface area (Å²) < 4.78 is 31.4. The van der Waals surface area contributed by atoms with Gasteiger partial charge in [0.05, 0.1) is 79.3 Å². The van der Waals surface area contributed by atoms with Crippen molar-refractivity contribution in [1.29, 1.82) is 0 Å². The number of piperazine rings is 2. The van der Waals surface area contributed by atoms with Crippen molar-refractivity contribution in [3.05, 3.63) is 152 Å². The molecule has 31 heteroatoms. The lowest BCUT2D eigenvalue weighted by Crippen LogP contribution is -2.48. The Balaban J connectivity index is 0.000000286. The Kier molecular flexibility index (Phi) is 31.4. The van der Waals surface area contributed by atoms with Gasteiger partial charge in [-0.05, 0) is 89.1 Å². The molecule has 27 nitrogen and oxygen atoms in total. The second kappa shape index (κ2) is 39.2. The third kappa shape index (κ3) is 24.9. The van der Waals surface area contributed by atoms with Crippen LogP contribution < -0.4 is 65.1 Å². The Morgan fingerprint density at radius 3 is 1.31 bits per heavy atom. The summed E-state index contributed by atoms with van der Waals surface area (Å²) in [4.78, 5) is 111. The number of carbonyl (C=O) groups is 7. The fourth-order valence-electron chi connectivity index (χ4n) is 10.4. The first-order valence-electron chi connectivity index (χ1n) is 32.7. The SMILES string of the molecule is C=CC(=O)Nc1cc(N2CCN(CCNC(=O)OC(C)(C)C)CC2)ccc1Cc1cc(N(C)C(=O)Cc2c(Cl)c(OC)cc(OC)c2Cl)ncn1.C=CC(=O)Nc1cc(N2CCNCC2)ccc1Cc1cc(N(C)C(=O)Cc2c(Cl)c(OC)cc(OC)c2Cl)ncn1.CC(C)(C)OC(=O)NCC=O. The summed E-state index contributed by atoms with van der Waals surface area (Å²) in [6, 6.07) is 18.5. The molecule has 2 aliphatic heterocycles. The average Bonchev–Trinajstić information content (AvgIpc) is 0.814. The second-order valence-corrected chi connectivity index (χ2v) is 26.7. The monoisotopic (exact) mass is 1500 g/mol. The van der Waals surface area contributed by atoms with Crippen LogP contribution >= 0.6 is 46.4 Å². The van der Waals surface area contributed by atoms with E-state index in [2.05, 4.69) is 74.4 Å². The number of nitrogens with one attached hydrogen (secondary N) is 5. The number of methoxy groups -OCH3 is 4. The number of likely N-dealkylation sites (N-methyl/N-ethyl adjacent to an activating group) is 2. The van der Waals surface area contributed by atoms with Crippen molar-refractivity contribution in [1.82, 2.24) is 40.8 Å². The number of nitrogens with zero attached hydrogens (tertiary/aromatic N) is 9. The number of alkyl carbamates (subject to hydrolysis) is 2. The molecule has 0 spiro atoms. The van der Waals surface area contributed by atoms with Gasteiger partial charge < -0.3 is 69.6 Å². The molecule has 0 radical (unpaired) electrons. The van der Waals surface area contributed by atoms with Crippen LogP contribution in [0.3, 0.4) is 0 Å². The van der Waals surface area contributed by atoms with Crippen LogP contribution in [0, 0.1) is 0 Å². The number of carbonyl (C=O) groups excluding carboxylic acids is 7. The predicted octanol–water partition coefficient (Wildman–Crippen LogP) is 10.2. The Morgan fingerprint density at radius 2 is 0.942 bits per heavy atom. The van der Waals surface area contributed by atoms with Crippen molar-refractivity contribution in [3.8, 4) is 23.0 Å². The molecule has 2 aromatic heterocycles. The smallest absolute Gasteiger partial charge is 0.408 e. The molecule has 0 saturated carbocycles. The molecule has 0 unspecified atom stereocenters. The van der Waals surface area contributed by atoms with E-state index in [1.165, 1.54) is 63.0 Å². The molecule has 4 heterocycles. The van der Waals surface area contributed by atoms with Gasteiger partial charge in [0.2, 0.25) is 23.6 Å². The van der Waals surface area contributed by atoms with Crippen LogP contribution in [0.2, 0.25) is 20.1 Å². The molecule has 554 valence electrons. The maximum atomic E-state index is 13.4.